The number of fused-ring (bicyclic) bond motifs is 2. The molecule has 2 bridgehead atoms. The van der Waals surface area contributed by atoms with Gasteiger partial charge < -0.3 is 10.2 Å². The molecule has 0 radical (unpaired) electrons. The van der Waals surface area contributed by atoms with Crippen LogP contribution in [0.5, 0.6) is 0 Å². The highest BCUT2D eigenvalue weighted by molar-refractivity contribution is 5.04. The van der Waals surface area contributed by atoms with E-state index >= 15 is 0 Å². The summed E-state index contributed by atoms with van der Waals surface area (Å²) in [4.78, 5) is 0. The fraction of sp³-hybridized carbons (Fsp3) is 1.00. The van der Waals surface area contributed by atoms with Crippen LogP contribution in [0.3, 0.4) is 0 Å². The third-order valence-electron chi connectivity index (χ3n) is 6.98. The van der Waals surface area contributed by atoms with Gasteiger partial charge in [0, 0.05) is 0 Å². The van der Waals surface area contributed by atoms with Crippen LogP contribution in [-0.2, 0) is 0 Å². The lowest BCUT2D eigenvalue weighted by atomic mass is 9.63. The van der Waals surface area contributed by atoms with Crippen molar-refractivity contribution in [2.75, 3.05) is 0 Å². The standard InChI is InChI=1S/C18H34O2/c1-11(7-6-8-17(20)13(3)19)15-9-14-10-16(15)12(2)18(14,4)5/h11-17,19-20H,6-10H2,1-5H3. The van der Waals surface area contributed by atoms with Gasteiger partial charge in [0.2, 0.25) is 0 Å². The smallest absolute Gasteiger partial charge is 0.0796 e. The molecule has 2 aliphatic rings. The van der Waals surface area contributed by atoms with Gasteiger partial charge in [0.05, 0.1) is 12.2 Å². The molecule has 7 unspecified atom stereocenters. The maximum absolute atomic E-state index is 9.67. The topological polar surface area (TPSA) is 40.5 Å². The van der Waals surface area contributed by atoms with Crippen molar-refractivity contribution in [3.63, 3.8) is 0 Å². The Balaban J connectivity index is 1.80. The molecule has 2 fully saturated rings. The minimum absolute atomic E-state index is 0.542. The van der Waals surface area contributed by atoms with E-state index < -0.39 is 12.2 Å². The molecule has 118 valence electrons. The van der Waals surface area contributed by atoms with Crippen LogP contribution in [0, 0.1) is 35.0 Å². The van der Waals surface area contributed by atoms with Gasteiger partial charge in [-0.05, 0) is 61.2 Å². The molecule has 2 rings (SSSR count). The van der Waals surface area contributed by atoms with E-state index in [1.807, 2.05) is 0 Å². The molecule has 0 spiro atoms. The van der Waals surface area contributed by atoms with Gasteiger partial charge in [0.25, 0.3) is 0 Å². The van der Waals surface area contributed by atoms with E-state index in [0.29, 0.717) is 5.41 Å². The van der Waals surface area contributed by atoms with Gasteiger partial charge in [-0.2, -0.15) is 0 Å². The Kier molecular flexibility index (Phi) is 4.86. The first-order valence-electron chi connectivity index (χ1n) is 8.61. The lowest BCUT2D eigenvalue weighted by Crippen LogP contribution is -2.35. The summed E-state index contributed by atoms with van der Waals surface area (Å²) in [7, 11) is 0. The highest BCUT2D eigenvalue weighted by Gasteiger charge is 2.55. The van der Waals surface area contributed by atoms with Crippen LogP contribution in [-0.4, -0.2) is 22.4 Å². The van der Waals surface area contributed by atoms with Crippen molar-refractivity contribution >= 4 is 0 Å². The average molecular weight is 282 g/mol. The molecule has 2 heteroatoms. The van der Waals surface area contributed by atoms with Crippen LogP contribution in [0.1, 0.15) is 66.7 Å². The second-order valence-corrected chi connectivity index (χ2v) is 8.32. The number of aliphatic hydroxyl groups is 2. The normalized spacial score (nSPS) is 39.8. The summed E-state index contributed by atoms with van der Waals surface area (Å²) in [5.74, 6) is 4.37. The molecule has 0 heterocycles. The second-order valence-electron chi connectivity index (χ2n) is 8.32. The molecule has 0 aromatic carbocycles. The minimum Gasteiger partial charge on any atom is -0.391 e. The van der Waals surface area contributed by atoms with Gasteiger partial charge >= 0.3 is 0 Å². The van der Waals surface area contributed by atoms with Gasteiger partial charge in [-0.25, -0.2) is 0 Å². The Morgan fingerprint density at radius 1 is 1.10 bits per heavy atom. The third kappa shape index (κ3) is 2.92. The molecule has 0 aliphatic heterocycles. The first kappa shape index (κ1) is 16.3. The van der Waals surface area contributed by atoms with E-state index in [2.05, 4.69) is 27.7 Å². The molecule has 2 N–H and O–H groups in total. The van der Waals surface area contributed by atoms with Crippen molar-refractivity contribution in [3.8, 4) is 0 Å². The van der Waals surface area contributed by atoms with Gasteiger partial charge in [-0.3, -0.25) is 0 Å². The van der Waals surface area contributed by atoms with E-state index in [1.54, 1.807) is 6.92 Å². The number of hydrogen-bond acceptors (Lipinski definition) is 2. The summed E-state index contributed by atoms with van der Waals surface area (Å²) in [6.45, 7) is 11.5. The zero-order valence-corrected chi connectivity index (χ0v) is 14.0. The van der Waals surface area contributed by atoms with Gasteiger partial charge in [-0.1, -0.05) is 40.5 Å². The molecule has 2 saturated carbocycles. The fourth-order valence-corrected chi connectivity index (χ4v) is 4.97. The largest absolute Gasteiger partial charge is 0.391 e. The van der Waals surface area contributed by atoms with Crippen LogP contribution < -0.4 is 0 Å². The van der Waals surface area contributed by atoms with Gasteiger partial charge in [0.15, 0.2) is 0 Å². The molecule has 0 aromatic rings. The maximum Gasteiger partial charge on any atom is 0.0796 e. The van der Waals surface area contributed by atoms with Gasteiger partial charge in [-0.15, -0.1) is 0 Å². The number of hydrogen-bond donors (Lipinski definition) is 2. The molecule has 2 nitrogen and oxygen atoms in total. The molecular formula is C18H34O2. The summed E-state index contributed by atoms with van der Waals surface area (Å²) in [5.41, 5.74) is 0.545. The van der Waals surface area contributed by atoms with Crippen molar-refractivity contribution in [1.82, 2.24) is 0 Å². The van der Waals surface area contributed by atoms with Crippen LogP contribution in [0.25, 0.3) is 0 Å². The highest BCUT2D eigenvalue weighted by atomic mass is 16.3. The molecular weight excluding hydrogens is 248 g/mol. The molecule has 0 saturated heterocycles. The van der Waals surface area contributed by atoms with Crippen LogP contribution in [0.15, 0.2) is 0 Å². The molecule has 0 aromatic heterocycles. The van der Waals surface area contributed by atoms with Crippen molar-refractivity contribution in [1.29, 1.82) is 0 Å². The van der Waals surface area contributed by atoms with Crippen LogP contribution in [0.4, 0.5) is 0 Å². The SMILES string of the molecule is CC(O)C(O)CCCC(C)C1CC2CC1C(C)C2(C)C. The van der Waals surface area contributed by atoms with E-state index in [0.717, 1.165) is 42.4 Å². The van der Waals surface area contributed by atoms with Crippen molar-refractivity contribution < 1.29 is 10.2 Å². The molecule has 0 amide bonds. The van der Waals surface area contributed by atoms with Crippen molar-refractivity contribution in [3.05, 3.63) is 0 Å². The van der Waals surface area contributed by atoms with Crippen LogP contribution >= 0.6 is 0 Å². The predicted molar refractivity (Wildman–Crippen MR) is 83.4 cm³/mol. The summed E-state index contributed by atoms with van der Waals surface area (Å²) < 4.78 is 0. The Morgan fingerprint density at radius 3 is 2.25 bits per heavy atom. The fourth-order valence-electron chi connectivity index (χ4n) is 4.97. The zero-order valence-electron chi connectivity index (χ0n) is 14.0. The summed E-state index contributed by atoms with van der Waals surface area (Å²) >= 11 is 0. The lowest BCUT2D eigenvalue weighted by Gasteiger charge is -2.42. The van der Waals surface area contributed by atoms with E-state index in [4.69, 9.17) is 0 Å². The maximum atomic E-state index is 9.67. The van der Waals surface area contributed by atoms with E-state index in [9.17, 15) is 10.2 Å². The van der Waals surface area contributed by atoms with Crippen molar-refractivity contribution in [2.24, 2.45) is 35.0 Å². The minimum atomic E-state index is -0.589. The Bertz CT molecular complexity index is 319. The second kappa shape index (κ2) is 5.96. The Morgan fingerprint density at radius 2 is 1.75 bits per heavy atom. The first-order chi connectivity index (χ1) is 9.25. The summed E-state index contributed by atoms with van der Waals surface area (Å²) in [6, 6.07) is 0. The predicted octanol–water partition coefficient (Wildman–Crippen LogP) is 3.85. The lowest BCUT2D eigenvalue weighted by molar-refractivity contribution is 0.0221. The first-order valence-corrected chi connectivity index (χ1v) is 8.61. The van der Waals surface area contributed by atoms with Crippen LogP contribution in [0.2, 0.25) is 0 Å². The van der Waals surface area contributed by atoms with E-state index in [1.165, 1.54) is 19.3 Å². The average Bonchev–Trinajstić information content (AvgIpc) is 2.89. The van der Waals surface area contributed by atoms with Crippen molar-refractivity contribution in [2.45, 2.75) is 78.9 Å². The monoisotopic (exact) mass is 282 g/mol. The molecule has 2 aliphatic carbocycles. The molecule has 20 heavy (non-hydrogen) atoms. The third-order valence-corrected chi connectivity index (χ3v) is 6.98. The Hall–Kier alpha value is -0.0800. The molecule has 7 atom stereocenters. The summed E-state index contributed by atoms with van der Waals surface area (Å²) in [6.07, 6.45) is 4.71. The van der Waals surface area contributed by atoms with E-state index in [-0.39, 0.29) is 0 Å². The number of aliphatic hydroxyl groups excluding tert-OH is 2. The quantitative estimate of drug-likeness (QED) is 0.777. The Labute approximate surface area is 125 Å². The summed E-state index contributed by atoms with van der Waals surface area (Å²) in [5, 5.41) is 19.0. The number of rotatable bonds is 6. The van der Waals surface area contributed by atoms with Gasteiger partial charge in [0.1, 0.15) is 0 Å². The highest BCUT2D eigenvalue weighted by Crippen LogP contribution is 2.63. The zero-order chi connectivity index (χ0) is 15.1.